The van der Waals surface area contributed by atoms with Gasteiger partial charge in [-0.2, -0.15) is 0 Å². The van der Waals surface area contributed by atoms with Crippen LogP contribution in [0.3, 0.4) is 0 Å². The van der Waals surface area contributed by atoms with Gasteiger partial charge in [0.1, 0.15) is 12.4 Å². The predicted molar refractivity (Wildman–Crippen MR) is 78.1 cm³/mol. The van der Waals surface area contributed by atoms with Crippen LogP contribution in [0.2, 0.25) is 0 Å². The van der Waals surface area contributed by atoms with Crippen LogP contribution in [0.25, 0.3) is 0 Å². The van der Waals surface area contributed by atoms with Crippen molar-refractivity contribution < 1.29 is 14.3 Å². The molecule has 1 fully saturated rings. The van der Waals surface area contributed by atoms with Crippen molar-refractivity contribution in [2.45, 2.75) is 19.4 Å². The van der Waals surface area contributed by atoms with Gasteiger partial charge in [0.15, 0.2) is 0 Å². The average Bonchev–Trinajstić information content (AvgIpc) is 2.89. The summed E-state index contributed by atoms with van der Waals surface area (Å²) in [5, 5.41) is 5.66. The van der Waals surface area contributed by atoms with Crippen LogP contribution in [0.15, 0.2) is 36.4 Å². The number of amides is 2. The highest BCUT2D eigenvalue weighted by Gasteiger charge is 2.17. The predicted octanol–water partition coefficient (Wildman–Crippen LogP) is 2.55. The van der Waals surface area contributed by atoms with Crippen molar-refractivity contribution in [3.63, 3.8) is 0 Å². The van der Waals surface area contributed by atoms with Crippen LogP contribution < -0.4 is 15.4 Å². The minimum absolute atomic E-state index is 0.0952. The third kappa shape index (κ3) is 4.59. The Labute approximate surface area is 119 Å². The Bertz CT molecular complexity index is 482. The SMILES string of the molecule is C=C(C)COc1cccc(NC(=O)NC2CCOC2)c1. The number of benzene rings is 1. The Kier molecular flexibility index (Phi) is 5.01. The van der Waals surface area contributed by atoms with E-state index in [0.29, 0.717) is 31.3 Å². The van der Waals surface area contributed by atoms with Gasteiger partial charge in [-0.1, -0.05) is 12.6 Å². The number of nitrogens with one attached hydrogen (secondary N) is 2. The highest BCUT2D eigenvalue weighted by Crippen LogP contribution is 2.18. The molecule has 2 rings (SSSR count). The number of hydrogen-bond donors (Lipinski definition) is 2. The van der Waals surface area contributed by atoms with Gasteiger partial charge in [-0.25, -0.2) is 4.79 Å². The number of hydrogen-bond acceptors (Lipinski definition) is 3. The fraction of sp³-hybridized carbons (Fsp3) is 0.400. The molecule has 20 heavy (non-hydrogen) atoms. The molecule has 108 valence electrons. The van der Waals surface area contributed by atoms with E-state index in [1.165, 1.54) is 0 Å². The number of urea groups is 1. The Morgan fingerprint density at radius 2 is 2.40 bits per heavy atom. The minimum Gasteiger partial charge on any atom is -0.489 e. The lowest BCUT2D eigenvalue weighted by atomic mass is 10.2. The van der Waals surface area contributed by atoms with Crippen LogP contribution in [0.5, 0.6) is 5.75 Å². The largest absolute Gasteiger partial charge is 0.489 e. The maximum absolute atomic E-state index is 11.8. The van der Waals surface area contributed by atoms with Gasteiger partial charge in [0.2, 0.25) is 0 Å². The molecule has 1 aromatic carbocycles. The second kappa shape index (κ2) is 6.96. The second-order valence-corrected chi connectivity index (χ2v) is 4.93. The van der Waals surface area contributed by atoms with Crippen molar-refractivity contribution in [2.75, 3.05) is 25.1 Å². The number of rotatable bonds is 5. The van der Waals surface area contributed by atoms with E-state index in [1.807, 2.05) is 25.1 Å². The molecule has 2 amide bonds. The van der Waals surface area contributed by atoms with Crippen LogP contribution in [0.4, 0.5) is 10.5 Å². The zero-order chi connectivity index (χ0) is 14.4. The van der Waals surface area contributed by atoms with E-state index >= 15 is 0 Å². The topological polar surface area (TPSA) is 59.6 Å². The van der Waals surface area contributed by atoms with Gasteiger partial charge in [0, 0.05) is 18.4 Å². The monoisotopic (exact) mass is 276 g/mol. The van der Waals surface area contributed by atoms with Gasteiger partial charge in [0.25, 0.3) is 0 Å². The first kappa shape index (κ1) is 14.4. The fourth-order valence-corrected chi connectivity index (χ4v) is 1.87. The van der Waals surface area contributed by atoms with Crippen LogP contribution in [0, 0.1) is 0 Å². The van der Waals surface area contributed by atoms with Crippen LogP contribution in [0.1, 0.15) is 13.3 Å². The van der Waals surface area contributed by atoms with Gasteiger partial charge in [-0.15, -0.1) is 0 Å². The van der Waals surface area contributed by atoms with E-state index in [9.17, 15) is 4.79 Å². The molecule has 0 saturated carbocycles. The number of carbonyl (C=O) groups excluding carboxylic acids is 1. The van der Waals surface area contributed by atoms with Gasteiger partial charge >= 0.3 is 6.03 Å². The van der Waals surface area contributed by atoms with E-state index in [4.69, 9.17) is 9.47 Å². The highest BCUT2D eigenvalue weighted by molar-refractivity contribution is 5.89. The van der Waals surface area contributed by atoms with Crippen molar-refractivity contribution in [2.24, 2.45) is 0 Å². The molecule has 0 bridgehead atoms. The van der Waals surface area contributed by atoms with Crippen molar-refractivity contribution in [1.29, 1.82) is 0 Å². The summed E-state index contributed by atoms with van der Waals surface area (Å²) in [6.45, 7) is 7.43. The third-order valence-electron chi connectivity index (χ3n) is 2.84. The molecule has 2 N–H and O–H groups in total. The molecule has 1 aliphatic rings. The summed E-state index contributed by atoms with van der Waals surface area (Å²) in [6.07, 6.45) is 0.856. The molecule has 1 unspecified atom stereocenters. The number of carbonyl (C=O) groups is 1. The summed E-state index contributed by atoms with van der Waals surface area (Å²) in [5.74, 6) is 0.704. The molecule has 1 aliphatic heterocycles. The Morgan fingerprint density at radius 3 is 3.10 bits per heavy atom. The van der Waals surface area contributed by atoms with Crippen LogP contribution >= 0.6 is 0 Å². The van der Waals surface area contributed by atoms with E-state index < -0.39 is 0 Å². The Morgan fingerprint density at radius 1 is 1.55 bits per heavy atom. The molecular weight excluding hydrogens is 256 g/mol. The summed E-state index contributed by atoms with van der Waals surface area (Å²) >= 11 is 0. The smallest absolute Gasteiger partial charge is 0.319 e. The molecular formula is C15H20N2O3. The molecule has 5 nitrogen and oxygen atoms in total. The average molecular weight is 276 g/mol. The lowest BCUT2D eigenvalue weighted by molar-refractivity contribution is 0.189. The number of ether oxygens (including phenoxy) is 2. The Balaban J connectivity index is 1.86. The molecule has 0 aromatic heterocycles. The zero-order valence-corrected chi connectivity index (χ0v) is 11.6. The lowest BCUT2D eigenvalue weighted by Gasteiger charge is -2.13. The molecule has 1 aromatic rings. The van der Waals surface area contributed by atoms with Crippen molar-refractivity contribution in [1.82, 2.24) is 5.32 Å². The zero-order valence-electron chi connectivity index (χ0n) is 11.6. The van der Waals surface area contributed by atoms with Crippen LogP contribution in [-0.4, -0.2) is 31.9 Å². The molecule has 1 saturated heterocycles. The molecule has 1 atom stereocenters. The van der Waals surface area contributed by atoms with Crippen molar-refractivity contribution in [3.05, 3.63) is 36.4 Å². The third-order valence-corrected chi connectivity index (χ3v) is 2.84. The second-order valence-electron chi connectivity index (χ2n) is 4.93. The molecule has 0 radical (unpaired) electrons. The van der Waals surface area contributed by atoms with Gasteiger partial charge in [-0.05, 0) is 31.1 Å². The van der Waals surface area contributed by atoms with E-state index in [1.54, 1.807) is 6.07 Å². The summed E-state index contributed by atoms with van der Waals surface area (Å²) in [4.78, 5) is 11.8. The minimum atomic E-state index is -0.224. The maximum Gasteiger partial charge on any atom is 0.319 e. The summed E-state index contributed by atoms with van der Waals surface area (Å²) in [6, 6.07) is 7.15. The van der Waals surface area contributed by atoms with E-state index in [2.05, 4.69) is 17.2 Å². The lowest BCUT2D eigenvalue weighted by Crippen LogP contribution is -2.38. The first-order valence-electron chi connectivity index (χ1n) is 6.66. The Hall–Kier alpha value is -2.01. The number of anilines is 1. The highest BCUT2D eigenvalue weighted by atomic mass is 16.5. The van der Waals surface area contributed by atoms with Gasteiger partial charge < -0.3 is 20.1 Å². The van der Waals surface area contributed by atoms with E-state index in [-0.39, 0.29) is 12.1 Å². The van der Waals surface area contributed by atoms with Crippen LogP contribution in [-0.2, 0) is 4.74 Å². The maximum atomic E-state index is 11.8. The van der Waals surface area contributed by atoms with Crippen molar-refractivity contribution >= 4 is 11.7 Å². The molecule has 5 heteroatoms. The summed E-state index contributed by atoms with van der Waals surface area (Å²) in [5.41, 5.74) is 1.64. The molecule has 0 spiro atoms. The molecule has 1 heterocycles. The summed E-state index contributed by atoms with van der Waals surface area (Å²) in [7, 11) is 0. The fourth-order valence-electron chi connectivity index (χ4n) is 1.87. The first-order chi connectivity index (χ1) is 9.63. The summed E-state index contributed by atoms with van der Waals surface area (Å²) < 4.78 is 10.7. The quantitative estimate of drug-likeness (QED) is 0.813. The van der Waals surface area contributed by atoms with Crippen molar-refractivity contribution in [3.8, 4) is 5.75 Å². The van der Waals surface area contributed by atoms with E-state index in [0.717, 1.165) is 12.0 Å². The normalized spacial score (nSPS) is 17.6. The van der Waals surface area contributed by atoms with Gasteiger partial charge in [-0.3, -0.25) is 0 Å². The first-order valence-corrected chi connectivity index (χ1v) is 6.66. The molecule has 0 aliphatic carbocycles. The standard InChI is InChI=1S/C15H20N2O3/c1-11(2)9-20-14-5-3-4-12(8-14)16-15(18)17-13-6-7-19-10-13/h3-5,8,13H,1,6-7,9-10H2,2H3,(H2,16,17,18). The van der Waals surface area contributed by atoms with Gasteiger partial charge in [0.05, 0.1) is 12.6 Å².